The molecule has 94 valence electrons. The third kappa shape index (κ3) is 5.99. The summed E-state index contributed by atoms with van der Waals surface area (Å²) in [7, 11) is 2.10. The van der Waals surface area contributed by atoms with Crippen molar-refractivity contribution < 1.29 is 4.79 Å². The molecule has 0 fully saturated rings. The lowest BCUT2D eigenvalue weighted by atomic mass is 10.1. The van der Waals surface area contributed by atoms with Crippen molar-refractivity contribution in [2.45, 2.75) is 32.7 Å². The van der Waals surface area contributed by atoms with Gasteiger partial charge >= 0.3 is 0 Å². The van der Waals surface area contributed by atoms with Gasteiger partial charge in [0.1, 0.15) is 5.78 Å². The van der Waals surface area contributed by atoms with Crippen molar-refractivity contribution in [3.8, 4) is 0 Å². The number of nitrogens with zero attached hydrogens (tertiary/aromatic N) is 1. The van der Waals surface area contributed by atoms with Crippen LogP contribution in [0.2, 0.25) is 0 Å². The van der Waals surface area contributed by atoms with Crippen LogP contribution in [0.5, 0.6) is 0 Å². The van der Waals surface area contributed by atoms with Crippen LogP contribution in [0, 0.1) is 0 Å². The second kappa shape index (κ2) is 7.62. The lowest BCUT2D eigenvalue weighted by Gasteiger charge is -2.16. The van der Waals surface area contributed by atoms with Crippen LogP contribution in [-0.2, 0) is 11.3 Å². The van der Waals surface area contributed by atoms with Gasteiger partial charge in [-0.2, -0.15) is 0 Å². The first-order valence-corrected chi connectivity index (χ1v) is 6.85. The molecule has 0 aliphatic rings. The molecular weight excluding hydrogens is 278 g/mol. The molecule has 0 spiro atoms. The molecule has 0 N–H and O–H groups in total. The molecule has 0 saturated heterocycles. The van der Waals surface area contributed by atoms with Crippen LogP contribution in [0.25, 0.3) is 0 Å². The second-order valence-electron chi connectivity index (χ2n) is 4.36. The highest BCUT2D eigenvalue weighted by atomic mass is 79.9. The molecule has 0 bridgehead atoms. The van der Waals surface area contributed by atoms with E-state index in [-0.39, 0.29) is 0 Å². The Bertz CT molecular complexity index is 348. The fourth-order valence-electron chi connectivity index (χ4n) is 1.70. The van der Waals surface area contributed by atoms with Gasteiger partial charge in [-0.15, -0.1) is 0 Å². The molecule has 2 nitrogen and oxygen atoms in total. The minimum Gasteiger partial charge on any atom is -0.302 e. The van der Waals surface area contributed by atoms with Gasteiger partial charge in [-0.3, -0.25) is 4.79 Å². The maximum atomic E-state index is 11.2. The lowest BCUT2D eigenvalue weighted by Crippen LogP contribution is -2.19. The summed E-state index contributed by atoms with van der Waals surface area (Å²) in [6.45, 7) is 3.84. The highest BCUT2D eigenvalue weighted by Gasteiger charge is 2.02. The van der Waals surface area contributed by atoms with Crippen molar-refractivity contribution in [1.82, 2.24) is 4.90 Å². The average molecular weight is 298 g/mol. The summed E-state index contributed by atoms with van der Waals surface area (Å²) in [6, 6.07) is 8.36. The Labute approximate surface area is 112 Å². The van der Waals surface area contributed by atoms with Crippen LogP contribution in [-0.4, -0.2) is 24.3 Å². The first-order valence-electron chi connectivity index (χ1n) is 6.06. The number of hydrogen-bond acceptors (Lipinski definition) is 2. The van der Waals surface area contributed by atoms with E-state index in [1.165, 1.54) is 5.56 Å². The molecule has 0 unspecified atom stereocenters. The number of carbonyl (C=O) groups is 1. The summed E-state index contributed by atoms with van der Waals surface area (Å²) in [5.74, 6) is 0.363. The largest absolute Gasteiger partial charge is 0.302 e. The topological polar surface area (TPSA) is 20.3 Å². The maximum absolute atomic E-state index is 11.2. The highest BCUT2D eigenvalue weighted by molar-refractivity contribution is 9.10. The third-order valence-corrected chi connectivity index (χ3v) is 3.28. The predicted octanol–water partition coefficient (Wildman–Crippen LogP) is 3.64. The van der Waals surface area contributed by atoms with E-state index in [9.17, 15) is 4.79 Å². The van der Waals surface area contributed by atoms with Gasteiger partial charge in [0, 0.05) is 23.9 Å². The molecule has 0 aromatic heterocycles. The first-order chi connectivity index (χ1) is 8.11. The highest BCUT2D eigenvalue weighted by Crippen LogP contribution is 2.12. The molecule has 0 amide bonds. The number of benzene rings is 1. The van der Waals surface area contributed by atoms with E-state index >= 15 is 0 Å². The van der Waals surface area contributed by atoms with Gasteiger partial charge in [0.15, 0.2) is 0 Å². The summed E-state index contributed by atoms with van der Waals surface area (Å²) in [6.07, 6.45) is 2.33. The van der Waals surface area contributed by atoms with Crippen molar-refractivity contribution in [2.75, 3.05) is 13.6 Å². The number of rotatable bonds is 7. The Hall–Kier alpha value is -0.670. The van der Waals surface area contributed by atoms with Crippen molar-refractivity contribution >= 4 is 21.7 Å². The summed E-state index contributed by atoms with van der Waals surface area (Å²) in [4.78, 5) is 13.4. The van der Waals surface area contributed by atoms with E-state index in [1.807, 2.05) is 6.92 Å². The predicted molar refractivity (Wildman–Crippen MR) is 75.0 cm³/mol. The standard InChI is InChI=1S/C14H20BrNO/c1-3-14(17)5-4-10-16(2)11-12-6-8-13(15)9-7-12/h6-9H,3-5,10-11H2,1-2H3. The number of hydrogen-bond donors (Lipinski definition) is 0. The Morgan fingerprint density at radius 1 is 1.29 bits per heavy atom. The normalized spacial score (nSPS) is 10.8. The SMILES string of the molecule is CCC(=O)CCCN(C)Cc1ccc(Br)cc1. The van der Waals surface area contributed by atoms with Crippen molar-refractivity contribution in [1.29, 1.82) is 0 Å². The van der Waals surface area contributed by atoms with E-state index in [0.717, 1.165) is 24.0 Å². The molecule has 3 heteroatoms. The molecular formula is C14H20BrNO. The van der Waals surface area contributed by atoms with Crippen molar-refractivity contribution in [3.63, 3.8) is 0 Å². The maximum Gasteiger partial charge on any atom is 0.132 e. The summed E-state index contributed by atoms with van der Waals surface area (Å²) < 4.78 is 1.11. The van der Waals surface area contributed by atoms with Crippen LogP contribution in [0.3, 0.4) is 0 Å². The van der Waals surface area contributed by atoms with Gasteiger partial charge in [0.2, 0.25) is 0 Å². The number of carbonyl (C=O) groups excluding carboxylic acids is 1. The summed E-state index contributed by atoms with van der Waals surface area (Å²) >= 11 is 3.43. The molecule has 17 heavy (non-hydrogen) atoms. The van der Waals surface area contributed by atoms with E-state index < -0.39 is 0 Å². The van der Waals surface area contributed by atoms with Crippen LogP contribution < -0.4 is 0 Å². The van der Waals surface area contributed by atoms with Gasteiger partial charge in [-0.1, -0.05) is 35.0 Å². The summed E-state index contributed by atoms with van der Waals surface area (Å²) in [5.41, 5.74) is 1.30. The number of halogens is 1. The monoisotopic (exact) mass is 297 g/mol. The van der Waals surface area contributed by atoms with Gasteiger partial charge in [-0.05, 0) is 37.7 Å². The van der Waals surface area contributed by atoms with E-state index in [4.69, 9.17) is 0 Å². The Balaban J connectivity index is 2.27. The Kier molecular flexibility index (Phi) is 6.45. The minimum absolute atomic E-state index is 0.363. The van der Waals surface area contributed by atoms with Crippen LogP contribution >= 0.6 is 15.9 Å². The molecule has 0 heterocycles. The fourth-order valence-corrected chi connectivity index (χ4v) is 1.97. The number of Topliss-reactive ketones (excluding diaryl/α,β-unsaturated/α-hetero) is 1. The molecule has 0 atom stereocenters. The van der Waals surface area contributed by atoms with Crippen molar-refractivity contribution in [3.05, 3.63) is 34.3 Å². The zero-order valence-electron chi connectivity index (χ0n) is 10.6. The second-order valence-corrected chi connectivity index (χ2v) is 5.28. The smallest absolute Gasteiger partial charge is 0.132 e. The molecule has 1 rings (SSSR count). The van der Waals surface area contributed by atoms with E-state index in [2.05, 4.69) is 52.1 Å². The molecule has 0 aliphatic heterocycles. The molecule has 0 radical (unpaired) electrons. The number of ketones is 1. The molecule has 0 saturated carbocycles. The quantitative estimate of drug-likeness (QED) is 0.766. The average Bonchev–Trinajstić information content (AvgIpc) is 2.32. The minimum atomic E-state index is 0.363. The van der Waals surface area contributed by atoms with Crippen LogP contribution in [0.4, 0.5) is 0 Å². The van der Waals surface area contributed by atoms with Gasteiger partial charge in [-0.25, -0.2) is 0 Å². The summed E-state index contributed by atoms with van der Waals surface area (Å²) in [5, 5.41) is 0. The lowest BCUT2D eigenvalue weighted by molar-refractivity contribution is -0.118. The third-order valence-electron chi connectivity index (χ3n) is 2.76. The van der Waals surface area contributed by atoms with Crippen molar-refractivity contribution in [2.24, 2.45) is 0 Å². The van der Waals surface area contributed by atoms with E-state index in [0.29, 0.717) is 18.6 Å². The molecule has 0 aliphatic carbocycles. The zero-order chi connectivity index (χ0) is 12.7. The van der Waals surface area contributed by atoms with Gasteiger partial charge in [0.25, 0.3) is 0 Å². The molecule has 1 aromatic carbocycles. The van der Waals surface area contributed by atoms with E-state index in [1.54, 1.807) is 0 Å². The first kappa shape index (κ1) is 14.4. The zero-order valence-corrected chi connectivity index (χ0v) is 12.2. The molecule has 1 aromatic rings. The van der Waals surface area contributed by atoms with Crippen LogP contribution in [0.15, 0.2) is 28.7 Å². The van der Waals surface area contributed by atoms with Gasteiger partial charge < -0.3 is 4.90 Å². The Morgan fingerprint density at radius 3 is 2.53 bits per heavy atom. The van der Waals surface area contributed by atoms with Crippen LogP contribution in [0.1, 0.15) is 31.7 Å². The Morgan fingerprint density at radius 2 is 1.94 bits per heavy atom. The van der Waals surface area contributed by atoms with Gasteiger partial charge in [0.05, 0.1) is 0 Å². The fraction of sp³-hybridized carbons (Fsp3) is 0.500.